The first-order chi connectivity index (χ1) is 15.7. The van der Waals surface area contributed by atoms with E-state index >= 15 is 0 Å². The van der Waals surface area contributed by atoms with E-state index in [2.05, 4.69) is 25.3 Å². The molecule has 0 radical (unpaired) electrons. The zero-order valence-corrected chi connectivity index (χ0v) is 18.4. The number of alkyl halides is 3. The lowest BCUT2D eigenvalue weighted by molar-refractivity contribution is -0.137. The molecule has 1 aliphatic heterocycles. The van der Waals surface area contributed by atoms with Crippen LogP contribution in [0.2, 0.25) is 5.02 Å². The Morgan fingerprint density at radius 2 is 2.00 bits per heavy atom. The average molecular weight is 480 g/mol. The first kappa shape index (κ1) is 23.2. The molecule has 0 aliphatic carbocycles. The number of piperidine rings is 1. The maximum absolute atomic E-state index is 13.0. The van der Waals surface area contributed by atoms with Gasteiger partial charge in [0.05, 0.1) is 16.6 Å². The molecule has 1 aliphatic rings. The molecule has 1 saturated heterocycles. The maximum Gasteiger partial charge on any atom is 0.416 e. The van der Waals surface area contributed by atoms with Crippen LogP contribution >= 0.6 is 11.6 Å². The van der Waals surface area contributed by atoms with Crippen molar-refractivity contribution in [1.82, 2.24) is 20.0 Å². The zero-order valence-electron chi connectivity index (χ0n) is 17.6. The van der Waals surface area contributed by atoms with Gasteiger partial charge < -0.3 is 9.84 Å². The summed E-state index contributed by atoms with van der Waals surface area (Å²) in [5.74, 6) is 0.618. The molecule has 1 unspecified atom stereocenters. The number of hydrogen-bond acceptors (Lipinski definition) is 6. The van der Waals surface area contributed by atoms with Crippen LogP contribution in [0.3, 0.4) is 0 Å². The molecule has 1 N–H and O–H groups in total. The van der Waals surface area contributed by atoms with E-state index in [1.54, 1.807) is 12.1 Å². The first-order valence-corrected chi connectivity index (χ1v) is 10.8. The van der Waals surface area contributed by atoms with Gasteiger partial charge in [0, 0.05) is 17.7 Å². The van der Waals surface area contributed by atoms with Crippen molar-refractivity contribution < 1.29 is 22.5 Å². The molecule has 1 atom stereocenters. The minimum atomic E-state index is -4.45. The smallest absolute Gasteiger partial charge is 0.337 e. The van der Waals surface area contributed by atoms with E-state index in [1.165, 1.54) is 18.3 Å². The van der Waals surface area contributed by atoms with Crippen LogP contribution in [0, 0.1) is 5.92 Å². The number of carbonyl (C=O) groups is 1. The van der Waals surface area contributed by atoms with E-state index in [9.17, 15) is 18.0 Å². The second-order valence-electron chi connectivity index (χ2n) is 7.87. The normalized spacial score (nSPS) is 16.5. The van der Waals surface area contributed by atoms with E-state index in [-0.39, 0.29) is 29.3 Å². The Hall–Kier alpha value is -2.98. The van der Waals surface area contributed by atoms with Gasteiger partial charge in [-0.2, -0.15) is 18.2 Å². The number of rotatable bonds is 5. The average Bonchev–Trinajstić information content (AvgIpc) is 3.30. The Morgan fingerprint density at radius 3 is 2.67 bits per heavy atom. The summed E-state index contributed by atoms with van der Waals surface area (Å²) in [5, 5.41) is 7.16. The highest BCUT2D eigenvalue weighted by Gasteiger charge is 2.32. The number of pyridine rings is 1. The van der Waals surface area contributed by atoms with Crippen LogP contribution in [0.4, 0.5) is 19.0 Å². The Labute approximate surface area is 192 Å². The van der Waals surface area contributed by atoms with Gasteiger partial charge in [-0.3, -0.25) is 9.69 Å². The summed E-state index contributed by atoms with van der Waals surface area (Å²) in [7, 11) is 0. The number of amides is 1. The van der Waals surface area contributed by atoms with Crippen LogP contribution in [0.1, 0.15) is 37.3 Å². The molecule has 3 aromatic rings. The third-order valence-electron chi connectivity index (χ3n) is 5.67. The zero-order chi connectivity index (χ0) is 23.6. The lowest BCUT2D eigenvalue weighted by Crippen LogP contribution is -2.39. The van der Waals surface area contributed by atoms with Crippen LogP contribution < -0.4 is 5.32 Å². The number of likely N-dealkylation sites (tertiary alicyclic amines) is 1. The van der Waals surface area contributed by atoms with Gasteiger partial charge in [0.1, 0.15) is 5.82 Å². The second-order valence-corrected chi connectivity index (χ2v) is 8.31. The Morgan fingerprint density at radius 1 is 1.24 bits per heavy atom. The SMILES string of the molecule is CC(c1nc(-c2cccc(C(F)(F)F)c2)no1)N1CCC(C(=O)Nc2ccc(Cl)cn2)CC1. The number of anilines is 1. The van der Waals surface area contributed by atoms with Crippen molar-refractivity contribution in [1.29, 1.82) is 0 Å². The topological polar surface area (TPSA) is 84.2 Å². The molecule has 2 aromatic heterocycles. The predicted octanol–water partition coefficient (Wildman–Crippen LogP) is 5.22. The molecule has 7 nitrogen and oxygen atoms in total. The number of benzene rings is 1. The van der Waals surface area contributed by atoms with Gasteiger partial charge >= 0.3 is 6.18 Å². The molecule has 0 spiro atoms. The number of nitrogens with zero attached hydrogens (tertiary/aromatic N) is 4. The van der Waals surface area contributed by atoms with E-state index in [4.69, 9.17) is 16.1 Å². The highest BCUT2D eigenvalue weighted by atomic mass is 35.5. The van der Waals surface area contributed by atoms with Crippen molar-refractivity contribution in [2.24, 2.45) is 5.92 Å². The van der Waals surface area contributed by atoms with Crippen LogP contribution in [0.15, 0.2) is 47.1 Å². The van der Waals surface area contributed by atoms with Crippen molar-refractivity contribution in [2.45, 2.75) is 32.0 Å². The summed E-state index contributed by atoms with van der Waals surface area (Å²) >= 11 is 5.81. The fourth-order valence-electron chi connectivity index (χ4n) is 3.74. The number of aromatic nitrogens is 3. The molecule has 1 aromatic carbocycles. The first-order valence-electron chi connectivity index (χ1n) is 10.4. The molecule has 0 saturated carbocycles. The Bertz CT molecular complexity index is 1110. The van der Waals surface area contributed by atoms with Gasteiger partial charge in [0.25, 0.3) is 0 Å². The molecule has 1 amide bonds. The van der Waals surface area contributed by atoms with Gasteiger partial charge in [-0.25, -0.2) is 4.98 Å². The van der Waals surface area contributed by atoms with Crippen LogP contribution in [0.25, 0.3) is 11.4 Å². The fraction of sp³-hybridized carbons (Fsp3) is 0.364. The molecular formula is C22H21ClF3N5O2. The monoisotopic (exact) mass is 479 g/mol. The second kappa shape index (κ2) is 9.48. The van der Waals surface area contributed by atoms with Crippen LogP contribution in [-0.4, -0.2) is 39.0 Å². The minimum absolute atomic E-state index is 0.0956. The number of nitrogens with one attached hydrogen (secondary N) is 1. The van der Waals surface area contributed by atoms with E-state index in [0.29, 0.717) is 42.7 Å². The lowest BCUT2D eigenvalue weighted by Gasteiger charge is -2.33. The molecule has 0 bridgehead atoms. The van der Waals surface area contributed by atoms with Gasteiger partial charge in [-0.1, -0.05) is 28.9 Å². The summed E-state index contributed by atoms with van der Waals surface area (Å²) in [4.78, 5) is 23.0. The lowest BCUT2D eigenvalue weighted by atomic mass is 9.95. The number of hydrogen-bond donors (Lipinski definition) is 1. The minimum Gasteiger partial charge on any atom is -0.337 e. The van der Waals surface area contributed by atoms with Crippen molar-refractivity contribution in [3.05, 3.63) is 59.1 Å². The Kier molecular flexibility index (Phi) is 6.66. The van der Waals surface area contributed by atoms with Crippen molar-refractivity contribution >= 4 is 23.3 Å². The summed E-state index contributed by atoms with van der Waals surface area (Å²) in [6.45, 7) is 3.16. The van der Waals surface area contributed by atoms with Crippen LogP contribution in [-0.2, 0) is 11.0 Å². The van der Waals surface area contributed by atoms with Crippen molar-refractivity contribution in [3.63, 3.8) is 0 Å². The third-order valence-corrected chi connectivity index (χ3v) is 5.90. The quantitative estimate of drug-likeness (QED) is 0.540. The van der Waals surface area contributed by atoms with Crippen molar-refractivity contribution in [3.8, 4) is 11.4 Å². The summed E-state index contributed by atoms with van der Waals surface area (Å²) in [6, 6.07) is 7.89. The van der Waals surface area contributed by atoms with E-state index in [1.807, 2.05) is 6.92 Å². The van der Waals surface area contributed by atoms with Crippen molar-refractivity contribution in [2.75, 3.05) is 18.4 Å². The van der Waals surface area contributed by atoms with Gasteiger partial charge in [0.15, 0.2) is 0 Å². The molecule has 1 fully saturated rings. The molecule has 33 heavy (non-hydrogen) atoms. The number of halogens is 4. The highest BCUT2D eigenvalue weighted by Crippen LogP contribution is 2.32. The van der Waals surface area contributed by atoms with E-state index < -0.39 is 11.7 Å². The molecule has 4 rings (SSSR count). The summed E-state index contributed by atoms with van der Waals surface area (Å²) < 4.78 is 44.3. The molecule has 11 heteroatoms. The number of carbonyl (C=O) groups excluding carboxylic acids is 1. The fourth-order valence-corrected chi connectivity index (χ4v) is 3.85. The molecule has 3 heterocycles. The van der Waals surface area contributed by atoms with Crippen LogP contribution in [0.5, 0.6) is 0 Å². The molecule has 174 valence electrons. The predicted molar refractivity (Wildman–Crippen MR) is 115 cm³/mol. The third kappa shape index (κ3) is 5.51. The standard InChI is InChI=1S/C22H21ClF3N5O2/c1-13(21-29-19(30-33-21)15-3-2-4-16(11-15)22(24,25)26)31-9-7-14(8-10-31)20(32)28-18-6-5-17(23)12-27-18/h2-6,11-14H,7-10H2,1H3,(H,27,28,32). The highest BCUT2D eigenvalue weighted by molar-refractivity contribution is 6.30. The van der Waals surface area contributed by atoms with E-state index in [0.717, 1.165) is 12.1 Å². The molecular weight excluding hydrogens is 459 g/mol. The largest absolute Gasteiger partial charge is 0.416 e. The van der Waals surface area contributed by atoms with Gasteiger partial charge in [-0.15, -0.1) is 0 Å². The Balaban J connectivity index is 1.36. The van der Waals surface area contributed by atoms with Gasteiger partial charge in [0.2, 0.25) is 17.6 Å². The summed E-state index contributed by atoms with van der Waals surface area (Å²) in [6.07, 6.45) is -1.70. The maximum atomic E-state index is 13.0. The summed E-state index contributed by atoms with van der Waals surface area (Å²) in [5.41, 5.74) is -0.535. The van der Waals surface area contributed by atoms with Gasteiger partial charge in [-0.05, 0) is 57.1 Å².